The minimum absolute atomic E-state index is 0.114. The van der Waals surface area contributed by atoms with Crippen LogP contribution in [0.1, 0.15) is 32.6 Å². The van der Waals surface area contributed by atoms with Gasteiger partial charge in [-0.1, -0.05) is 66.7 Å². The maximum atomic E-state index is 12.7. The first-order valence-corrected chi connectivity index (χ1v) is 11.7. The van der Waals surface area contributed by atoms with Crippen molar-refractivity contribution in [2.24, 2.45) is 0 Å². The summed E-state index contributed by atoms with van der Waals surface area (Å²) < 4.78 is 5.81. The van der Waals surface area contributed by atoms with Crippen LogP contribution in [0.4, 0.5) is 5.69 Å². The van der Waals surface area contributed by atoms with Crippen molar-refractivity contribution in [1.82, 2.24) is 4.90 Å². The molecule has 4 heteroatoms. The lowest BCUT2D eigenvalue weighted by Crippen LogP contribution is -2.29. The number of anilines is 1. The van der Waals surface area contributed by atoms with E-state index in [9.17, 15) is 4.79 Å². The lowest BCUT2D eigenvalue weighted by atomic mass is 9.99. The number of nitrogens with one attached hydrogen (secondary N) is 1. The Balaban J connectivity index is 1.13. The highest BCUT2D eigenvalue weighted by molar-refractivity contribution is 6.04. The molecule has 0 saturated heterocycles. The van der Waals surface area contributed by atoms with E-state index in [0.29, 0.717) is 12.2 Å². The Bertz CT molecular complexity index is 1240. The molecule has 34 heavy (non-hydrogen) atoms. The number of carbonyl (C=O) groups is 1. The molecule has 0 aromatic heterocycles. The first-order valence-electron chi connectivity index (χ1n) is 11.7. The van der Waals surface area contributed by atoms with Gasteiger partial charge in [0.25, 0.3) is 5.91 Å². The van der Waals surface area contributed by atoms with Gasteiger partial charge in [0, 0.05) is 30.9 Å². The van der Waals surface area contributed by atoms with Gasteiger partial charge in [-0.3, -0.25) is 9.69 Å². The molecule has 170 valence electrons. The molecule has 0 saturated carbocycles. The van der Waals surface area contributed by atoms with Crippen molar-refractivity contribution in [1.29, 1.82) is 0 Å². The fraction of sp³-hybridized carbons (Fsp3) is 0.167. The first kappa shape index (κ1) is 21.9. The summed E-state index contributed by atoms with van der Waals surface area (Å²) in [6.07, 6.45) is 1.09. The third-order valence-corrected chi connectivity index (χ3v) is 6.19. The molecule has 0 atom stereocenters. The van der Waals surface area contributed by atoms with Crippen LogP contribution in [0.5, 0.6) is 5.75 Å². The average molecular weight is 449 g/mol. The van der Waals surface area contributed by atoms with Crippen molar-refractivity contribution in [2.45, 2.75) is 26.1 Å². The fourth-order valence-corrected chi connectivity index (χ4v) is 4.29. The van der Waals surface area contributed by atoms with Crippen molar-refractivity contribution >= 4 is 11.6 Å². The number of fused-ring (bicyclic) bond motifs is 1. The van der Waals surface area contributed by atoms with Crippen LogP contribution in [0.15, 0.2) is 103 Å². The summed E-state index contributed by atoms with van der Waals surface area (Å²) in [7, 11) is 0. The minimum Gasteiger partial charge on any atom is -0.489 e. The summed E-state index contributed by atoms with van der Waals surface area (Å²) in [6, 6.07) is 34.1. The second kappa shape index (κ2) is 10.4. The SMILES string of the molecule is O=C(Nc1ccc(OCc2ccccc2)cc1)c1ccc(CN2CCc3ccccc3C2)cc1. The van der Waals surface area contributed by atoms with Crippen molar-refractivity contribution in [3.63, 3.8) is 0 Å². The molecule has 1 aliphatic rings. The molecule has 0 spiro atoms. The highest BCUT2D eigenvalue weighted by Gasteiger charge is 2.16. The molecular weight excluding hydrogens is 420 g/mol. The third kappa shape index (κ3) is 5.53. The van der Waals surface area contributed by atoms with E-state index in [-0.39, 0.29) is 5.91 Å². The largest absolute Gasteiger partial charge is 0.489 e. The molecule has 1 heterocycles. The van der Waals surface area contributed by atoms with Crippen LogP contribution in [0, 0.1) is 0 Å². The maximum absolute atomic E-state index is 12.7. The van der Waals surface area contributed by atoms with Crippen LogP contribution in [0.2, 0.25) is 0 Å². The lowest BCUT2D eigenvalue weighted by Gasteiger charge is -2.28. The van der Waals surface area contributed by atoms with Gasteiger partial charge in [0.2, 0.25) is 0 Å². The summed E-state index contributed by atoms with van der Waals surface area (Å²) in [4.78, 5) is 15.2. The molecule has 4 nitrogen and oxygen atoms in total. The van der Waals surface area contributed by atoms with E-state index in [2.05, 4.69) is 46.6 Å². The normalized spacial score (nSPS) is 13.2. The fourth-order valence-electron chi connectivity index (χ4n) is 4.29. The second-order valence-electron chi connectivity index (χ2n) is 8.68. The van der Waals surface area contributed by atoms with Crippen molar-refractivity contribution < 1.29 is 9.53 Å². The number of ether oxygens (including phenoxy) is 1. The molecule has 0 bridgehead atoms. The van der Waals surface area contributed by atoms with Gasteiger partial charge in [0.05, 0.1) is 0 Å². The highest BCUT2D eigenvalue weighted by Crippen LogP contribution is 2.21. The molecule has 0 aliphatic carbocycles. The summed E-state index contributed by atoms with van der Waals surface area (Å²) in [6.45, 7) is 3.44. The van der Waals surface area contributed by atoms with Gasteiger partial charge in [-0.25, -0.2) is 0 Å². The van der Waals surface area contributed by atoms with E-state index < -0.39 is 0 Å². The van der Waals surface area contributed by atoms with E-state index in [1.807, 2.05) is 66.7 Å². The summed E-state index contributed by atoms with van der Waals surface area (Å²) in [5, 5.41) is 2.97. The summed E-state index contributed by atoms with van der Waals surface area (Å²) in [5.74, 6) is 0.656. The Morgan fingerprint density at radius 3 is 2.24 bits per heavy atom. The zero-order valence-electron chi connectivity index (χ0n) is 19.1. The molecule has 1 amide bonds. The third-order valence-electron chi connectivity index (χ3n) is 6.19. The van der Waals surface area contributed by atoms with Crippen LogP contribution < -0.4 is 10.1 Å². The number of nitrogens with zero attached hydrogens (tertiary/aromatic N) is 1. The average Bonchev–Trinajstić information content (AvgIpc) is 2.89. The predicted molar refractivity (Wildman–Crippen MR) is 136 cm³/mol. The van der Waals surface area contributed by atoms with Crippen LogP contribution in [0.25, 0.3) is 0 Å². The highest BCUT2D eigenvalue weighted by atomic mass is 16.5. The zero-order chi connectivity index (χ0) is 23.2. The van der Waals surface area contributed by atoms with Gasteiger partial charge in [-0.05, 0) is 65.1 Å². The van der Waals surface area contributed by atoms with Gasteiger partial charge in [-0.2, -0.15) is 0 Å². The van der Waals surface area contributed by atoms with Crippen molar-refractivity contribution in [3.8, 4) is 5.75 Å². The number of carbonyl (C=O) groups excluding carboxylic acids is 1. The minimum atomic E-state index is -0.114. The van der Waals surface area contributed by atoms with E-state index >= 15 is 0 Å². The van der Waals surface area contributed by atoms with E-state index in [4.69, 9.17) is 4.74 Å². The van der Waals surface area contributed by atoms with Gasteiger partial charge in [-0.15, -0.1) is 0 Å². The quantitative estimate of drug-likeness (QED) is 0.373. The predicted octanol–water partition coefficient (Wildman–Crippen LogP) is 6.08. The number of amides is 1. The number of benzene rings is 4. The number of hydrogen-bond donors (Lipinski definition) is 1. The molecule has 5 rings (SSSR count). The zero-order valence-corrected chi connectivity index (χ0v) is 19.1. The van der Waals surface area contributed by atoms with Gasteiger partial charge in [0.15, 0.2) is 0 Å². The van der Waals surface area contributed by atoms with Gasteiger partial charge in [0.1, 0.15) is 12.4 Å². The van der Waals surface area contributed by atoms with Crippen LogP contribution >= 0.6 is 0 Å². The van der Waals surface area contributed by atoms with Crippen LogP contribution in [0.3, 0.4) is 0 Å². The standard InChI is InChI=1S/C30H28N2O2/c33-30(31-28-14-16-29(17-15-28)34-22-24-6-2-1-3-7-24)26-12-10-23(11-13-26)20-32-19-18-25-8-4-5-9-27(25)21-32/h1-17H,18-22H2,(H,31,33). The Labute approximate surface area is 200 Å². The Hall–Kier alpha value is -3.89. The maximum Gasteiger partial charge on any atom is 0.255 e. The Morgan fingerprint density at radius 1 is 0.765 bits per heavy atom. The van der Waals surface area contributed by atoms with Gasteiger partial charge < -0.3 is 10.1 Å². The van der Waals surface area contributed by atoms with Gasteiger partial charge >= 0.3 is 0 Å². The monoisotopic (exact) mass is 448 g/mol. The Kier molecular flexibility index (Phi) is 6.68. The number of hydrogen-bond acceptors (Lipinski definition) is 3. The summed E-state index contributed by atoms with van der Waals surface area (Å²) >= 11 is 0. The molecular formula is C30H28N2O2. The van der Waals surface area contributed by atoms with Crippen LogP contribution in [-0.4, -0.2) is 17.4 Å². The molecule has 0 unspecified atom stereocenters. The molecule has 0 radical (unpaired) electrons. The van der Waals surface area contributed by atoms with E-state index in [1.54, 1.807) is 0 Å². The molecule has 1 N–H and O–H groups in total. The van der Waals surface area contributed by atoms with E-state index in [0.717, 1.165) is 43.1 Å². The topological polar surface area (TPSA) is 41.6 Å². The van der Waals surface area contributed by atoms with Crippen LogP contribution in [-0.2, 0) is 26.1 Å². The Morgan fingerprint density at radius 2 is 1.47 bits per heavy atom. The second-order valence-corrected chi connectivity index (χ2v) is 8.68. The molecule has 0 fully saturated rings. The number of rotatable bonds is 7. The molecule has 1 aliphatic heterocycles. The van der Waals surface area contributed by atoms with Crippen molar-refractivity contribution in [3.05, 3.63) is 131 Å². The van der Waals surface area contributed by atoms with E-state index in [1.165, 1.54) is 16.7 Å². The first-order chi connectivity index (χ1) is 16.7. The molecule has 4 aromatic rings. The van der Waals surface area contributed by atoms with Crippen molar-refractivity contribution in [2.75, 3.05) is 11.9 Å². The smallest absolute Gasteiger partial charge is 0.255 e. The summed E-state index contributed by atoms with van der Waals surface area (Å²) in [5.41, 5.74) is 6.61. The molecule has 4 aromatic carbocycles. The lowest BCUT2D eigenvalue weighted by molar-refractivity contribution is 0.102.